The number of imidazole rings is 1. The van der Waals surface area contributed by atoms with Crippen molar-refractivity contribution in [2.75, 3.05) is 0 Å². The minimum Gasteiger partial charge on any atom is -0.335 e. The van der Waals surface area contributed by atoms with Gasteiger partial charge in [0.15, 0.2) is 0 Å². The van der Waals surface area contributed by atoms with E-state index in [1.54, 1.807) is 0 Å². The van der Waals surface area contributed by atoms with Crippen molar-refractivity contribution in [1.29, 1.82) is 0 Å². The van der Waals surface area contributed by atoms with Crippen LogP contribution in [0.2, 0.25) is 0 Å². The molecular weight excluding hydrogens is 148 g/mol. The number of H-pyrrole nitrogens is 1. The third-order valence-corrected chi connectivity index (χ3v) is 1.82. The largest absolute Gasteiger partial charge is 0.335 e. The maximum atomic E-state index is 5.32. The van der Waals surface area contributed by atoms with Crippen LogP contribution in [0.3, 0.4) is 0 Å². The zero-order valence-corrected chi connectivity index (χ0v) is 7.81. The van der Waals surface area contributed by atoms with Crippen molar-refractivity contribution in [3.63, 3.8) is 0 Å². The molecule has 2 nitrogen and oxygen atoms in total. The lowest BCUT2D eigenvalue weighted by molar-refractivity contribution is 0.788. The van der Waals surface area contributed by atoms with Crippen LogP contribution in [0.1, 0.15) is 43.9 Å². The number of nitrogens with one attached hydrogen (secondary N) is 1. The summed E-state index contributed by atoms with van der Waals surface area (Å²) in [7, 11) is 0. The number of terminal acetylenes is 1. The van der Waals surface area contributed by atoms with Crippen LogP contribution in [0.25, 0.3) is 0 Å². The number of hydrogen-bond donors (Lipinski definition) is 1. The van der Waals surface area contributed by atoms with Crippen molar-refractivity contribution < 1.29 is 0 Å². The van der Waals surface area contributed by atoms with Gasteiger partial charge in [0.25, 0.3) is 0 Å². The Kier molecular flexibility index (Phi) is 2.54. The molecule has 0 amide bonds. The Balaban J connectivity index is 3.07. The summed E-state index contributed by atoms with van der Waals surface area (Å²) in [6.45, 7) is 6.25. The molecule has 64 valence electrons. The summed E-state index contributed by atoms with van der Waals surface area (Å²) >= 11 is 0. The van der Waals surface area contributed by atoms with E-state index in [1.807, 2.05) is 0 Å². The van der Waals surface area contributed by atoms with Gasteiger partial charge in [-0.05, 0) is 6.42 Å². The van der Waals surface area contributed by atoms with E-state index in [1.165, 1.54) is 0 Å². The summed E-state index contributed by atoms with van der Waals surface area (Å²) < 4.78 is 0. The second kappa shape index (κ2) is 3.44. The molecule has 0 atom stereocenters. The average Bonchev–Trinajstić information content (AvgIpc) is 2.46. The zero-order chi connectivity index (χ0) is 9.14. The smallest absolute Gasteiger partial charge is 0.112 e. The summed E-state index contributed by atoms with van der Waals surface area (Å²) in [4.78, 5) is 7.54. The third kappa shape index (κ3) is 1.50. The van der Waals surface area contributed by atoms with Crippen molar-refractivity contribution in [2.45, 2.75) is 33.1 Å². The lowest BCUT2D eigenvalue weighted by Crippen LogP contribution is -1.89. The summed E-state index contributed by atoms with van der Waals surface area (Å²) in [5.74, 6) is 4.00. The van der Waals surface area contributed by atoms with Gasteiger partial charge in [0.1, 0.15) is 11.5 Å². The SMILES string of the molecule is C#Cc1[nH]c(C(C)C)nc1CC. The molecule has 1 heterocycles. The molecule has 0 unspecified atom stereocenters. The molecule has 0 radical (unpaired) electrons. The Labute approximate surface area is 73.4 Å². The zero-order valence-electron chi connectivity index (χ0n) is 7.81. The Hall–Kier alpha value is -1.23. The molecule has 1 aromatic rings. The Morgan fingerprint density at radius 1 is 1.58 bits per heavy atom. The summed E-state index contributed by atoms with van der Waals surface area (Å²) in [5.41, 5.74) is 1.84. The van der Waals surface area contributed by atoms with Gasteiger partial charge in [-0.15, -0.1) is 6.42 Å². The monoisotopic (exact) mass is 162 g/mol. The van der Waals surface area contributed by atoms with Gasteiger partial charge >= 0.3 is 0 Å². The molecule has 1 aromatic heterocycles. The average molecular weight is 162 g/mol. The van der Waals surface area contributed by atoms with Crippen molar-refractivity contribution in [1.82, 2.24) is 9.97 Å². The van der Waals surface area contributed by atoms with Gasteiger partial charge < -0.3 is 4.98 Å². The van der Waals surface area contributed by atoms with Crippen LogP contribution in [0.15, 0.2) is 0 Å². The van der Waals surface area contributed by atoms with Crippen LogP contribution in [-0.2, 0) is 6.42 Å². The van der Waals surface area contributed by atoms with Crippen molar-refractivity contribution in [3.05, 3.63) is 17.2 Å². The fraction of sp³-hybridized carbons (Fsp3) is 0.500. The van der Waals surface area contributed by atoms with Crippen LogP contribution >= 0.6 is 0 Å². The minimum atomic E-state index is 0.414. The van der Waals surface area contributed by atoms with Gasteiger partial charge in [-0.25, -0.2) is 4.98 Å². The Morgan fingerprint density at radius 2 is 2.25 bits per heavy atom. The van der Waals surface area contributed by atoms with E-state index in [-0.39, 0.29) is 0 Å². The summed E-state index contributed by atoms with van der Waals surface area (Å²) in [5, 5.41) is 0. The molecular formula is C10H14N2. The van der Waals surface area contributed by atoms with Gasteiger partial charge in [0.05, 0.1) is 5.69 Å². The first kappa shape index (κ1) is 8.86. The lowest BCUT2D eigenvalue weighted by Gasteiger charge is -1.96. The van der Waals surface area contributed by atoms with Crippen molar-refractivity contribution >= 4 is 0 Å². The first-order chi connectivity index (χ1) is 5.69. The fourth-order valence-corrected chi connectivity index (χ4v) is 1.08. The van der Waals surface area contributed by atoms with Crippen LogP contribution in [0.4, 0.5) is 0 Å². The first-order valence-electron chi connectivity index (χ1n) is 4.24. The van der Waals surface area contributed by atoms with Gasteiger partial charge in [-0.2, -0.15) is 0 Å². The highest BCUT2D eigenvalue weighted by Gasteiger charge is 2.08. The van der Waals surface area contributed by atoms with Crippen LogP contribution in [0.5, 0.6) is 0 Å². The number of aromatic amines is 1. The molecule has 0 bridgehead atoms. The van der Waals surface area contributed by atoms with E-state index >= 15 is 0 Å². The van der Waals surface area contributed by atoms with Crippen molar-refractivity contribution in [2.24, 2.45) is 0 Å². The highest BCUT2D eigenvalue weighted by Crippen LogP contribution is 2.13. The van der Waals surface area contributed by atoms with Gasteiger partial charge in [0.2, 0.25) is 0 Å². The van der Waals surface area contributed by atoms with E-state index in [2.05, 4.69) is 36.7 Å². The van der Waals surface area contributed by atoms with E-state index < -0.39 is 0 Å². The molecule has 0 fully saturated rings. The highest BCUT2D eigenvalue weighted by molar-refractivity contribution is 5.31. The summed E-state index contributed by atoms with van der Waals surface area (Å²) in [6.07, 6.45) is 6.21. The molecule has 0 saturated carbocycles. The van der Waals surface area contributed by atoms with Crippen molar-refractivity contribution in [3.8, 4) is 12.3 Å². The summed E-state index contributed by atoms with van der Waals surface area (Å²) in [6, 6.07) is 0. The Bertz CT molecular complexity index is 302. The molecule has 2 heteroatoms. The van der Waals surface area contributed by atoms with Crippen LogP contribution in [0, 0.1) is 12.3 Å². The molecule has 0 saturated heterocycles. The molecule has 0 aromatic carbocycles. The second-order valence-electron chi connectivity index (χ2n) is 3.10. The molecule has 0 aliphatic heterocycles. The molecule has 0 aliphatic carbocycles. The highest BCUT2D eigenvalue weighted by atomic mass is 14.9. The first-order valence-corrected chi connectivity index (χ1v) is 4.24. The predicted octanol–water partition coefficient (Wildman–Crippen LogP) is 2.08. The molecule has 1 rings (SSSR count). The van der Waals surface area contributed by atoms with Crippen LogP contribution < -0.4 is 0 Å². The molecule has 0 spiro atoms. The van der Waals surface area contributed by atoms with Gasteiger partial charge in [-0.1, -0.05) is 26.7 Å². The maximum absolute atomic E-state index is 5.32. The quantitative estimate of drug-likeness (QED) is 0.663. The van der Waals surface area contributed by atoms with Gasteiger partial charge in [-0.3, -0.25) is 0 Å². The van der Waals surface area contributed by atoms with Gasteiger partial charge in [0, 0.05) is 5.92 Å². The topological polar surface area (TPSA) is 28.7 Å². The normalized spacial score (nSPS) is 10.2. The number of rotatable bonds is 2. The molecule has 1 N–H and O–H groups in total. The van der Waals surface area contributed by atoms with E-state index in [4.69, 9.17) is 6.42 Å². The predicted molar refractivity (Wildman–Crippen MR) is 50.0 cm³/mol. The third-order valence-electron chi connectivity index (χ3n) is 1.82. The molecule has 0 aliphatic rings. The number of aryl methyl sites for hydroxylation is 1. The molecule has 12 heavy (non-hydrogen) atoms. The number of nitrogens with zero attached hydrogens (tertiary/aromatic N) is 1. The lowest BCUT2D eigenvalue weighted by atomic mass is 10.2. The fourth-order valence-electron chi connectivity index (χ4n) is 1.08. The second-order valence-corrected chi connectivity index (χ2v) is 3.10. The minimum absolute atomic E-state index is 0.414. The van der Waals surface area contributed by atoms with Crippen LogP contribution in [-0.4, -0.2) is 9.97 Å². The maximum Gasteiger partial charge on any atom is 0.112 e. The Morgan fingerprint density at radius 3 is 2.58 bits per heavy atom. The van der Waals surface area contributed by atoms with E-state index in [9.17, 15) is 0 Å². The van der Waals surface area contributed by atoms with E-state index in [0.29, 0.717) is 5.92 Å². The van der Waals surface area contributed by atoms with E-state index in [0.717, 1.165) is 23.6 Å². The number of aromatic nitrogens is 2. The standard InChI is InChI=1S/C10H14N2/c1-5-8-9(6-2)12-10(11-8)7(3)4/h1,7H,6H2,2-4H3,(H,11,12). The number of hydrogen-bond acceptors (Lipinski definition) is 1.